The van der Waals surface area contributed by atoms with Crippen LogP contribution in [0, 0.1) is 6.92 Å². The van der Waals surface area contributed by atoms with Crippen LogP contribution in [0.5, 0.6) is 5.75 Å². The van der Waals surface area contributed by atoms with Crippen molar-refractivity contribution in [2.45, 2.75) is 26.2 Å². The third kappa shape index (κ3) is 3.20. The predicted molar refractivity (Wildman–Crippen MR) is 82.3 cm³/mol. The Morgan fingerprint density at radius 3 is 2.35 bits per heavy atom. The van der Waals surface area contributed by atoms with Crippen LogP contribution in [0.2, 0.25) is 0 Å². The lowest BCUT2D eigenvalue weighted by molar-refractivity contribution is 0.201. The van der Waals surface area contributed by atoms with Crippen molar-refractivity contribution in [2.24, 2.45) is 0 Å². The normalized spacial score (nSPS) is 11.4. The molecule has 2 nitrogen and oxygen atoms in total. The molecule has 1 N–H and O–H groups in total. The Morgan fingerprint density at radius 1 is 1.00 bits per heavy atom. The Morgan fingerprint density at radius 2 is 1.70 bits per heavy atom. The molecule has 0 aromatic heterocycles. The van der Waals surface area contributed by atoms with Gasteiger partial charge in [0.25, 0.3) is 0 Å². The van der Waals surface area contributed by atoms with Crippen molar-refractivity contribution in [1.29, 1.82) is 0 Å². The summed E-state index contributed by atoms with van der Waals surface area (Å²) in [7, 11) is 0. The van der Waals surface area contributed by atoms with Gasteiger partial charge in [-0.05, 0) is 30.2 Å². The van der Waals surface area contributed by atoms with E-state index in [0.717, 1.165) is 5.75 Å². The van der Waals surface area contributed by atoms with Gasteiger partial charge < -0.3 is 9.84 Å². The van der Waals surface area contributed by atoms with Gasteiger partial charge in [0.05, 0.1) is 6.61 Å². The zero-order valence-electron chi connectivity index (χ0n) is 12.4. The van der Waals surface area contributed by atoms with Crippen molar-refractivity contribution in [1.82, 2.24) is 0 Å². The maximum atomic E-state index is 8.84. The summed E-state index contributed by atoms with van der Waals surface area (Å²) >= 11 is 0. The van der Waals surface area contributed by atoms with Gasteiger partial charge in [0.1, 0.15) is 12.4 Å². The predicted octanol–water partition coefficient (Wildman–Crippen LogP) is 3.69. The Kier molecular flexibility index (Phi) is 4.46. The summed E-state index contributed by atoms with van der Waals surface area (Å²) in [5, 5.41) is 8.84. The molecule has 0 atom stereocenters. The van der Waals surface area contributed by atoms with Crippen LogP contribution in [-0.4, -0.2) is 18.3 Å². The van der Waals surface area contributed by atoms with Crippen LogP contribution in [0.1, 0.15) is 30.5 Å². The number of rotatable bonds is 5. The highest BCUT2D eigenvalue weighted by Crippen LogP contribution is 2.33. The fraction of sp³-hybridized carbons (Fsp3) is 0.333. The summed E-state index contributed by atoms with van der Waals surface area (Å²) in [4.78, 5) is 0. The first-order chi connectivity index (χ1) is 9.54. The molecule has 0 fully saturated rings. The average molecular weight is 270 g/mol. The fourth-order valence-corrected chi connectivity index (χ4v) is 2.28. The molecule has 20 heavy (non-hydrogen) atoms. The molecule has 0 aliphatic heterocycles. The highest BCUT2D eigenvalue weighted by atomic mass is 16.5. The molecule has 2 heteroatoms. The molecule has 0 saturated carbocycles. The van der Waals surface area contributed by atoms with Crippen LogP contribution in [-0.2, 0) is 5.41 Å². The first kappa shape index (κ1) is 14.6. The third-order valence-corrected chi connectivity index (χ3v) is 3.69. The molecule has 0 amide bonds. The molecule has 2 rings (SSSR count). The standard InChI is InChI=1S/C18H22O2/c1-14-7-9-15(10-8-14)18(2,3)16-5-4-6-17(13-16)20-12-11-19/h4-10,13,19H,11-12H2,1-3H3. The van der Waals surface area contributed by atoms with Gasteiger partial charge in [0, 0.05) is 5.41 Å². The topological polar surface area (TPSA) is 29.5 Å². The lowest BCUT2D eigenvalue weighted by atomic mass is 9.78. The van der Waals surface area contributed by atoms with Crippen molar-refractivity contribution in [3.63, 3.8) is 0 Å². The summed E-state index contributed by atoms with van der Waals surface area (Å²) in [5.74, 6) is 0.803. The van der Waals surface area contributed by atoms with Crippen molar-refractivity contribution < 1.29 is 9.84 Å². The molecule has 0 heterocycles. The van der Waals surface area contributed by atoms with Crippen LogP contribution in [0.3, 0.4) is 0 Å². The number of benzene rings is 2. The molecular weight excluding hydrogens is 248 g/mol. The number of aliphatic hydroxyl groups excluding tert-OH is 1. The second-order valence-electron chi connectivity index (χ2n) is 5.59. The largest absolute Gasteiger partial charge is 0.491 e. The van der Waals surface area contributed by atoms with Crippen LogP contribution in [0.4, 0.5) is 0 Å². The maximum absolute atomic E-state index is 8.84. The SMILES string of the molecule is Cc1ccc(C(C)(C)c2cccc(OCCO)c2)cc1. The first-order valence-corrected chi connectivity index (χ1v) is 6.95. The van der Waals surface area contributed by atoms with Gasteiger partial charge in [0.15, 0.2) is 0 Å². The number of hydrogen-bond acceptors (Lipinski definition) is 2. The quantitative estimate of drug-likeness (QED) is 0.898. The second-order valence-corrected chi connectivity index (χ2v) is 5.59. The monoisotopic (exact) mass is 270 g/mol. The zero-order chi connectivity index (χ0) is 14.6. The summed E-state index contributed by atoms with van der Waals surface area (Å²) in [6, 6.07) is 16.7. The van der Waals surface area contributed by atoms with E-state index in [9.17, 15) is 0 Å². The van der Waals surface area contributed by atoms with Crippen molar-refractivity contribution in [2.75, 3.05) is 13.2 Å². The van der Waals surface area contributed by atoms with E-state index < -0.39 is 0 Å². The van der Waals surface area contributed by atoms with E-state index in [1.54, 1.807) is 0 Å². The van der Waals surface area contributed by atoms with E-state index in [1.165, 1.54) is 16.7 Å². The van der Waals surface area contributed by atoms with Gasteiger partial charge in [-0.25, -0.2) is 0 Å². The van der Waals surface area contributed by atoms with Gasteiger partial charge in [-0.1, -0.05) is 55.8 Å². The zero-order valence-corrected chi connectivity index (χ0v) is 12.4. The smallest absolute Gasteiger partial charge is 0.119 e. The minimum Gasteiger partial charge on any atom is -0.491 e. The van der Waals surface area contributed by atoms with Gasteiger partial charge in [0.2, 0.25) is 0 Å². The highest BCUT2D eigenvalue weighted by Gasteiger charge is 2.23. The number of ether oxygens (including phenoxy) is 1. The molecule has 0 unspecified atom stereocenters. The van der Waals surface area contributed by atoms with E-state index in [2.05, 4.69) is 57.2 Å². The molecule has 0 radical (unpaired) electrons. The Balaban J connectivity index is 2.30. The Bertz CT molecular complexity index is 556. The van der Waals surface area contributed by atoms with E-state index in [1.807, 2.05) is 12.1 Å². The van der Waals surface area contributed by atoms with E-state index in [-0.39, 0.29) is 12.0 Å². The minimum absolute atomic E-state index is 0.0333. The van der Waals surface area contributed by atoms with Crippen molar-refractivity contribution in [3.8, 4) is 5.75 Å². The van der Waals surface area contributed by atoms with Gasteiger partial charge in [-0.15, -0.1) is 0 Å². The molecule has 106 valence electrons. The molecule has 0 bridgehead atoms. The van der Waals surface area contributed by atoms with Gasteiger partial charge >= 0.3 is 0 Å². The van der Waals surface area contributed by atoms with Gasteiger partial charge in [-0.2, -0.15) is 0 Å². The summed E-state index contributed by atoms with van der Waals surface area (Å²) in [5.41, 5.74) is 3.68. The van der Waals surface area contributed by atoms with Gasteiger partial charge in [-0.3, -0.25) is 0 Å². The lowest BCUT2D eigenvalue weighted by Gasteiger charge is -2.26. The van der Waals surface area contributed by atoms with E-state index in [0.29, 0.717) is 6.61 Å². The molecule has 0 aliphatic rings. The van der Waals surface area contributed by atoms with E-state index in [4.69, 9.17) is 9.84 Å². The summed E-state index contributed by atoms with van der Waals surface area (Å²) < 4.78 is 5.50. The average Bonchev–Trinajstić information content (AvgIpc) is 2.46. The summed E-state index contributed by atoms with van der Waals surface area (Å²) in [6.45, 7) is 6.88. The third-order valence-electron chi connectivity index (χ3n) is 3.69. The van der Waals surface area contributed by atoms with Crippen LogP contribution in [0.15, 0.2) is 48.5 Å². The van der Waals surface area contributed by atoms with Crippen LogP contribution in [0.25, 0.3) is 0 Å². The molecular formula is C18H22O2. The molecule has 0 aliphatic carbocycles. The highest BCUT2D eigenvalue weighted by molar-refractivity contribution is 5.41. The molecule has 0 spiro atoms. The Hall–Kier alpha value is -1.80. The summed E-state index contributed by atoms with van der Waals surface area (Å²) in [6.07, 6.45) is 0. The van der Waals surface area contributed by atoms with Crippen LogP contribution >= 0.6 is 0 Å². The van der Waals surface area contributed by atoms with Crippen LogP contribution < -0.4 is 4.74 Å². The number of aliphatic hydroxyl groups is 1. The van der Waals surface area contributed by atoms with E-state index >= 15 is 0 Å². The number of hydrogen-bond donors (Lipinski definition) is 1. The minimum atomic E-state index is -0.0771. The number of aryl methyl sites for hydroxylation is 1. The van der Waals surface area contributed by atoms with Crippen molar-refractivity contribution in [3.05, 3.63) is 65.2 Å². The second kappa shape index (κ2) is 6.10. The maximum Gasteiger partial charge on any atom is 0.119 e. The van der Waals surface area contributed by atoms with Crippen molar-refractivity contribution >= 4 is 0 Å². The Labute approximate surface area is 121 Å². The molecule has 0 saturated heterocycles. The lowest BCUT2D eigenvalue weighted by Crippen LogP contribution is -2.19. The fourth-order valence-electron chi connectivity index (χ4n) is 2.28. The molecule has 2 aromatic carbocycles. The molecule has 2 aromatic rings. The first-order valence-electron chi connectivity index (χ1n) is 6.95.